The predicted octanol–water partition coefficient (Wildman–Crippen LogP) is 1.23. The quantitative estimate of drug-likeness (QED) is 0.132. The lowest BCUT2D eigenvalue weighted by molar-refractivity contribution is -0.302. The molecule has 16 heteroatoms. The second kappa shape index (κ2) is 11.7. The highest BCUT2D eigenvalue weighted by molar-refractivity contribution is 5.68. The Morgan fingerprint density at radius 1 is 0.875 bits per heavy atom. The fraction of sp³-hybridized carbons (Fsp3) is 0.875. The molecule has 4 rings (SSSR count). The van der Waals surface area contributed by atoms with Gasteiger partial charge in [-0.25, -0.2) is 0 Å². The van der Waals surface area contributed by atoms with E-state index in [9.17, 15) is 19.9 Å². The minimum Gasteiger partial charge on any atom is -0.463 e. The molecule has 16 nitrogen and oxygen atoms in total. The summed E-state index contributed by atoms with van der Waals surface area (Å²) in [5.41, 5.74) is 9.38. The average Bonchev–Trinajstić information content (AvgIpc) is 3.44. The third kappa shape index (κ3) is 6.83. The van der Waals surface area contributed by atoms with Crippen LogP contribution < -0.4 is 0 Å². The molecule has 0 aromatic rings. The molecule has 0 bridgehead atoms. The summed E-state index contributed by atoms with van der Waals surface area (Å²) in [6, 6.07) is -1.33. The van der Waals surface area contributed by atoms with Crippen LogP contribution in [0.1, 0.15) is 48.5 Å². The van der Waals surface area contributed by atoms with Gasteiger partial charge in [-0.1, -0.05) is 5.11 Å². The van der Waals surface area contributed by atoms with Gasteiger partial charge in [-0.15, -0.1) is 0 Å². The Labute approximate surface area is 230 Å². The highest BCUT2D eigenvalue weighted by atomic mass is 16.9. The average molecular weight is 574 g/mol. The molecular weight excluding hydrogens is 538 g/mol. The van der Waals surface area contributed by atoms with Crippen molar-refractivity contribution in [1.29, 1.82) is 0 Å². The Morgan fingerprint density at radius 3 is 2.12 bits per heavy atom. The molecule has 40 heavy (non-hydrogen) atoms. The lowest BCUT2D eigenvalue weighted by atomic mass is 9.96. The molecule has 4 saturated heterocycles. The number of fused-ring (bicyclic) bond motifs is 1. The van der Waals surface area contributed by atoms with Crippen LogP contribution in [0.2, 0.25) is 0 Å². The van der Waals surface area contributed by atoms with Crippen molar-refractivity contribution in [1.82, 2.24) is 0 Å². The molecule has 0 spiro atoms. The summed E-state index contributed by atoms with van der Waals surface area (Å²) in [4.78, 5) is 38.5. The molecular formula is C24H35N3O13. The SMILES string of the molecule is CC(=O)OC[C@H]1OC(O[C@H]2[C@@H]3OC(C)(C)O[C@@H]3O[C@H]2[C@H]2COC(C)(C)O2)[C@H](N=[N+]=[N-])[C@@H](OC(C)=O)[C@H]1OC(C)=O. The first kappa shape index (κ1) is 30.4. The first-order valence-electron chi connectivity index (χ1n) is 12.9. The fourth-order valence-corrected chi connectivity index (χ4v) is 5.17. The van der Waals surface area contributed by atoms with Crippen molar-refractivity contribution in [3.8, 4) is 0 Å². The van der Waals surface area contributed by atoms with Crippen LogP contribution in [0.5, 0.6) is 0 Å². The zero-order valence-corrected chi connectivity index (χ0v) is 23.3. The Balaban J connectivity index is 1.68. The fourth-order valence-electron chi connectivity index (χ4n) is 5.17. The van der Waals surface area contributed by atoms with E-state index in [1.807, 2.05) is 0 Å². The van der Waals surface area contributed by atoms with Crippen molar-refractivity contribution in [3.63, 3.8) is 0 Å². The number of rotatable bonds is 8. The van der Waals surface area contributed by atoms with Gasteiger partial charge in [-0.3, -0.25) is 14.4 Å². The molecule has 0 aliphatic carbocycles. The van der Waals surface area contributed by atoms with E-state index in [0.717, 1.165) is 13.8 Å². The van der Waals surface area contributed by atoms with Gasteiger partial charge in [0.25, 0.3) is 0 Å². The Kier molecular flexibility index (Phi) is 8.92. The van der Waals surface area contributed by atoms with Gasteiger partial charge >= 0.3 is 17.9 Å². The standard InChI is InChI=1S/C24H35N3O13/c1-10(28)31-8-13-16(33-11(2)29)18(34-12(3)30)15(26-27-25)21(35-13)37-19-17(14-9-32-23(4,5)38-14)36-22-20(19)39-24(6,7)40-22/h13-22H,8-9H2,1-7H3/t13-,14-,15-,16+,17+,18-,19-,20+,21?,22+/m1/s1. The highest BCUT2D eigenvalue weighted by Crippen LogP contribution is 2.43. The van der Waals surface area contributed by atoms with Gasteiger partial charge in [0.2, 0.25) is 0 Å². The molecule has 10 atom stereocenters. The maximum absolute atomic E-state index is 12.1. The molecule has 0 radical (unpaired) electrons. The monoisotopic (exact) mass is 573 g/mol. The molecule has 4 fully saturated rings. The number of nitrogens with zero attached hydrogens (tertiary/aromatic N) is 3. The summed E-state index contributed by atoms with van der Waals surface area (Å²) in [6.45, 7) is 10.2. The molecule has 1 unspecified atom stereocenters. The van der Waals surface area contributed by atoms with Gasteiger partial charge in [0.1, 0.15) is 43.2 Å². The van der Waals surface area contributed by atoms with Crippen LogP contribution in [0.25, 0.3) is 10.4 Å². The van der Waals surface area contributed by atoms with Crippen LogP contribution in [-0.2, 0) is 61.8 Å². The van der Waals surface area contributed by atoms with E-state index in [2.05, 4.69) is 10.0 Å². The van der Waals surface area contributed by atoms with E-state index < -0.39 is 90.8 Å². The number of hydrogen-bond acceptors (Lipinski definition) is 14. The van der Waals surface area contributed by atoms with E-state index in [-0.39, 0.29) is 13.2 Å². The largest absolute Gasteiger partial charge is 0.463 e. The van der Waals surface area contributed by atoms with Crippen molar-refractivity contribution >= 4 is 17.9 Å². The number of esters is 3. The third-order valence-corrected chi connectivity index (χ3v) is 6.57. The van der Waals surface area contributed by atoms with Gasteiger partial charge in [-0.2, -0.15) is 0 Å². The molecule has 4 aliphatic heterocycles. The first-order chi connectivity index (χ1) is 18.7. The van der Waals surface area contributed by atoms with Crippen LogP contribution in [0.3, 0.4) is 0 Å². The Bertz CT molecular complexity index is 1030. The maximum atomic E-state index is 12.1. The van der Waals surface area contributed by atoms with Crippen molar-refractivity contribution in [3.05, 3.63) is 10.4 Å². The minimum absolute atomic E-state index is 0.186. The lowest BCUT2D eigenvalue weighted by Crippen LogP contribution is -2.62. The molecule has 4 aliphatic rings. The predicted molar refractivity (Wildman–Crippen MR) is 128 cm³/mol. The molecule has 0 aromatic carbocycles. The minimum atomic E-state index is -1.40. The summed E-state index contributed by atoms with van der Waals surface area (Å²) >= 11 is 0. The van der Waals surface area contributed by atoms with Gasteiger partial charge in [-0.05, 0) is 33.2 Å². The van der Waals surface area contributed by atoms with Crippen molar-refractivity contribution in [2.45, 2.75) is 121 Å². The second-order valence-corrected chi connectivity index (χ2v) is 10.7. The Hall–Kier alpha value is -2.56. The van der Waals surface area contributed by atoms with Gasteiger partial charge in [0.15, 0.2) is 36.4 Å². The molecule has 224 valence electrons. The summed E-state index contributed by atoms with van der Waals surface area (Å²) in [5.74, 6) is -3.98. The number of carbonyl (C=O) groups is 3. The van der Waals surface area contributed by atoms with Gasteiger partial charge in [0, 0.05) is 25.7 Å². The lowest BCUT2D eigenvalue weighted by Gasteiger charge is -2.44. The maximum Gasteiger partial charge on any atom is 0.303 e. The number of azide groups is 1. The van der Waals surface area contributed by atoms with E-state index in [1.54, 1.807) is 27.7 Å². The van der Waals surface area contributed by atoms with Crippen molar-refractivity contribution < 1.29 is 61.8 Å². The summed E-state index contributed by atoms with van der Waals surface area (Å²) < 4.78 is 58.3. The summed E-state index contributed by atoms with van der Waals surface area (Å²) in [7, 11) is 0. The van der Waals surface area contributed by atoms with E-state index in [4.69, 9.17) is 47.4 Å². The van der Waals surface area contributed by atoms with E-state index >= 15 is 0 Å². The van der Waals surface area contributed by atoms with Gasteiger partial charge in [0.05, 0.1) is 6.61 Å². The highest BCUT2D eigenvalue weighted by Gasteiger charge is 2.61. The second-order valence-electron chi connectivity index (χ2n) is 10.7. The van der Waals surface area contributed by atoms with Gasteiger partial charge < -0.3 is 47.4 Å². The molecule has 0 saturated carbocycles. The molecule has 0 N–H and O–H groups in total. The van der Waals surface area contributed by atoms with Crippen LogP contribution >= 0.6 is 0 Å². The normalized spacial score (nSPS) is 39.6. The van der Waals surface area contributed by atoms with Crippen LogP contribution in [-0.4, -0.2) is 104 Å². The topological polar surface area (TPSA) is 192 Å². The van der Waals surface area contributed by atoms with Crippen LogP contribution in [0.15, 0.2) is 5.11 Å². The smallest absolute Gasteiger partial charge is 0.303 e. The van der Waals surface area contributed by atoms with Crippen molar-refractivity contribution in [2.24, 2.45) is 5.11 Å². The van der Waals surface area contributed by atoms with Crippen LogP contribution in [0.4, 0.5) is 0 Å². The summed E-state index contributed by atoms with van der Waals surface area (Å²) in [6.07, 6.45) is -9.05. The molecule has 4 heterocycles. The molecule has 0 aromatic heterocycles. The summed E-state index contributed by atoms with van der Waals surface area (Å²) in [5, 5.41) is 3.77. The number of hydrogen-bond donors (Lipinski definition) is 0. The number of carbonyl (C=O) groups excluding carboxylic acids is 3. The zero-order valence-electron chi connectivity index (χ0n) is 23.3. The molecule has 0 amide bonds. The van der Waals surface area contributed by atoms with Crippen LogP contribution in [0, 0.1) is 0 Å². The van der Waals surface area contributed by atoms with E-state index in [0.29, 0.717) is 0 Å². The number of ether oxygens (including phenoxy) is 10. The zero-order chi connectivity index (χ0) is 29.4. The third-order valence-electron chi connectivity index (χ3n) is 6.57. The Morgan fingerprint density at radius 2 is 1.55 bits per heavy atom. The van der Waals surface area contributed by atoms with E-state index in [1.165, 1.54) is 6.92 Å². The van der Waals surface area contributed by atoms with Crippen molar-refractivity contribution in [2.75, 3.05) is 13.2 Å². The first-order valence-corrected chi connectivity index (χ1v) is 12.9.